The fourth-order valence-electron chi connectivity index (χ4n) is 2.81. The van der Waals surface area contributed by atoms with Gasteiger partial charge in [-0.1, -0.05) is 19.1 Å². The largest absolute Gasteiger partial charge is 0.352 e. The minimum Gasteiger partial charge on any atom is -0.352 e. The van der Waals surface area contributed by atoms with Gasteiger partial charge in [0.25, 0.3) is 0 Å². The molecule has 0 bridgehead atoms. The summed E-state index contributed by atoms with van der Waals surface area (Å²) in [5, 5.41) is 2.95. The topological polar surface area (TPSA) is 55.1 Å². The summed E-state index contributed by atoms with van der Waals surface area (Å²) < 4.78 is 12.8. The molecule has 1 aliphatic rings. The molecule has 1 aromatic rings. The molecule has 3 nitrogen and oxygen atoms in total. The molecular weight excluding hydrogens is 255 g/mol. The quantitative estimate of drug-likeness (QED) is 0.889. The normalized spacial score (nSPS) is 26.2. The summed E-state index contributed by atoms with van der Waals surface area (Å²) in [6.07, 6.45) is 3.84. The van der Waals surface area contributed by atoms with Gasteiger partial charge in [-0.25, -0.2) is 4.39 Å². The van der Waals surface area contributed by atoms with Crippen LogP contribution >= 0.6 is 0 Å². The summed E-state index contributed by atoms with van der Waals surface area (Å²) in [6, 6.07) is 6.19. The highest BCUT2D eigenvalue weighted by Gasteiger charge is 2.39. The Bertz CT molecular complexity index is 450. The lowest BCUT2D eigenvalue weighted by atomic mass is 9.70. The van der Waals surface area contributed by atoms with Gasteiger partial charge in [0.2, 0.25) is 5.91 Å². The van der Waals surface area contributed by atoms with Crippen LogP contribution in [0.4, 0.5) is 4.39 Å². The van der Waals surface area contributed by atoms with E-state index in [-0.39, 0.29) is 11.7 Å². The Hall–Kier alpha value is -1.42. The molecule has 1 aliphatic carbocycles. The van der Waals surface area contributed by atoms with E-state index >= 15 is 0 Å². The van der Waals surface area contributed by atoms with Crippen LogP contribution in [0.25, 0.3) is 0 Å². The minimum absolute atomic E-state index is 0.0382. The first-order chi connectivity index (χ1) is 9.55. The molecule has 20 heavy (non-hydrogen) atoms. The SMILES string of the molecule is CC1CCC(CN)(C(=O)NCc2ccc(F)cc2)CC1. The van der Waals surface area contributed by atoms with Gasteiger partial charge < -0.3 is 11.1 Å². The first-order valence-electron chi connectivity index (χ1n) is 7.28. The monoisotopic (exact) mass is 278 g/mol. The van der Waals surface area contributed by atoms with Crippen LogP contribution in [0.2, 0.25) is 0 Å². The number of amides is 1. The van der Waals surface area contributed by atoms with Crippen LogP contribution in [0.15, 0.2) is 24.3 Å². The molecule has 110 valence electrons. The second-order valence-corrected chi connectivity index (χ2v) is 5.98. The summed E-state index contributed by atoms with van der Waals surface area (Å²) in [6.45, 7) is 3.04. The molecule has 0 unspecified atom stereocenters. The van der Waals surface area contributed by atoms with Crippen molar-refractivity contribution in [3.05, 3.63) is 35.6 Å². The Kier molecular flexibility index (Phi) is 4.76. The van der Waals surface area contributed by atoms with Crippen molar-refractivity contribution < 1.29 is 9.18 Å². The lowest BCUT2D eigenvalue weighted by molar-refractivity contribution is -0.133. The highest BCUT2D eigenvalue weighted by atomic mass is 19.1. The van der Waals surface area contributed by atoms with E-state index < -0.39 is 5.41 Å². The molecule has 0 heterocycles. The Labute approximate surface area is 119 Å². The fourth-order valence-corrected chi connectivity index (χ4v) is 2.81. The van der Waals surface area contributed by atoms with Gasteiger partial charge in [-0.3, -0.25) is 4.79 Å². The Morgan fingerprint density at radius 3 is 2.50 bits per heavy atom. The molecule has 1 aromatic carbocycles. The number of carbonyl (C=O) groups excluding carboxylic acids is 1. The molecule has 3 N–H and O–H groups in total. The predicted octanol–water partition coefficient (Wildman–Crippen LogP) is 2.60. The number of benzene rings is 1. The molecule has 0 atom stereocenters. The van der Waals surface area contributed by atoms with E-state index in [1.165, 1.54) is 12.1 Å². The number of hydrogen-bond acceptors (Lipinski definition) is 2. The number of halogens is 1. The molecule has 1 fully saturated rings. The van der Waals surface area contributed by atoms with Crippen molar-refractivity contribution in [2.75, 3.05) is 6.54 Å². The summed E-state index contributed by atoms with van der Waals surface area (Å²) in [4.78, 5) is 12.4. The zero-order chi connectivity index (χ0) is 14.6. The molecule has 0 aliphatic heterocycles. The second kappa shape index (κ2) is 6.35. The van der Waals surface area contributed by atoms with Gasteiger partial charge in [0, 0.05) is 13.1 Å². The van der Waals surface area contributed by atoms with Crippen molar-refractivity contribution in [2.24, 2.45) is 17.1 Å². The zero-order valence-corrected chi connectivity index (χ0v) is 12.0. The van der Waals surface area contributed by atoms with Crippen molar-refractivity contribution in [3.8, 4) is 0 Å². The van der Waals surface area contributed by atoms with Crippen molar-refractivity contribution in [3.63, 3.8) is 0 Å². The predicted molar refractivity (Wildman–Crippen MR) is 77.4 cm³/mol. The van der Waals surface area contributed by atoms with Crippen LogP contribution in [0.3, 0.4) is 0 Å². The lowest BCUT2D eigenvalue weighted by Crippen LogP contribution is -2.47. The molecule has 1 saturated carbocycles. The maximum absolute atomic E-state index is 12.8. The van der Waals surface area contributed by atoms with Crippen molar-refractivity contribution in [1.82, 2.24) is 5.32 Å². The van der Waals surface area contributed by atoms with Crippen LogP contribution in [0.5, 0.6) is 0 Å². The van der Waals surface area contributed by atoms with E-state index in [2.05, 4.69) is 12.2 Å². The van der Waals surface area contributed by atoms with Gasteiger partial charge >= 0.3 is 0 Å². The Morgan fingerprint density at radius 1 is 1.35 bits per heavy atom. The van der Waals surface area contributed by atoms with E-state index in [9.17, 15) is 9.18 Å². The van der Waals surface area contributed by atoms with Gasteiger partial charge in [-0.05, 0) is 49.3 Å². The molecule has 0 radical (unpaired) electrons. The van der Waals surface area contributed by atoms with Gasteiger partial charge in [0.05, 0.1) is 5.41 Å². The van der Waals surface area contributed by atoms with Gasteiger partial charge in [-0.2, -0.15) is 0 Å². The first kappa shape index (κ1) is 15.0. The summed E-state index contributed by atoms with van der Waals surface area (Å²) >= 11 is 0. The molecule has 4 heteroatoms. The van der Waals surface area contributed by atoms with E-state index in [0.29, 0.717) is 19.0 Å². The van der Waals surface area contributed by atoms with Crippen LogP contribution in [-0.4, -0.2) is 12.5 Å². The molecule has 1 amide bonds. The Morgan fingerprint density at radius 2 is 1.95 bits per heavy atom. The molecule has 2 rings (SSSR count). The molecule has 0 saturated heterocycles. The number of hydrogen-bond donors (Lipinski definition) is 2. The third-order valence-corrected chi connectivity index (χ3v) is 4.47. The van der Waals surface area contributed by atoms with E-state index in [1.807, 2.05) is 0 Å². The average Bonchev–Trinajstić information content (AvgIpc) is 2.47. The smallest absolute Gasteiger partial charge is 0.227 e. The molecule has 0 aromatic heterocycles. The highest BCUT2D eigenvalue weighted by molar-refractivity contribution is 5.83. The van der Waals surface area contributed by atoms with Gasteiger partial charge in [0.15, 0.2) is 0 Å². The standard InChI is InChI=1S/C16H23FN2O/c1-12-6-8-16(11-18,9-7-12)15(20)19-10-13-2-4-14(17)5-3-13/h2-5,12H,6-11,18H2,1H3,(H,19,20). The third kappa shape index (κ3) is 3.37. The maximum atomic E-state index is 12.8. The molecule has 0 spiro atoms. The van der Waals surface area contributed by atoms with E-state index in [4.69, 9.17) is 5.73 Å². The van der Waals surface area contributed by atoms with E-state index in [0.717, 1.165) is 31.2 Å². The van der Waals surface area contributed by atoms with Gasteiger partial charge in [-0.15, -0.1) is 0 Å². The number of nitrogens with two attached hydrogens (primary N) is 1. The van der Waals surface area contributed by atoms with E-state index in [1.54, 1.807) is 12.1 Å². The minimum atomic E-state index is -0.410. The fraction of sp³-hybridized carbons (Fsp3) is 0.562. The van der Waals surface area contributed by atoms with Crippen molar-refractivity contribution >= 4 is 5.91 Å². The second-order valence-electron chi connectivity index (χ2n) is 5.98. The average molecular weight is 278 g/mol. The van der Waals surface area contributed by atoms with Crippen LogP contribution in [0.1, 0.15) is 38.2 Å². The highest BCUT2D eigenvalue weighted by Crippen LogP contribution is 2.38. The summed E-state index contributed by atoms with van der Waals surface area (Å²) in [7, 11) is 0. The number of carbonyl (C=O) groups is 1. The third-order valence-electron chi connectivity index (χ3n) is 4.47. The Balaban J connectivity index is 1.94. The maximum Gasteiger partial charge on any atom is 0.227 e. The lowest BCUT2D eigenvalue weighted by Gasteiger charge is -2.37. The van der Waals surface area contributed by atoms with Crippen molar-refractivity contribution in [1.29, 1.82) is 0 Å². The zero-order valence-electron chi connectivity index (χ0n) is 12.0. The van der Waals surface area contributed by atoms with Crippen LogP contribution < -0.4 is 11.1 Å². The summed E-state index contributed by atoms with van der Waals surface area (Å²) in [5.74, 6) is 0.454. The number of nitrogens with one attached hydrogen (secondary N) is 1. The summed E-state index contributed by atoms with van der Waals surface area (Å²) in [5.41, 5.74) is 6.35. The van der Waals surface area contributed by atoms with Crippen LogP contribution in [-0.2, 0) is 11.3 Å². The molecular formula is C16H23FN2O. The number of rotatable bonds is 4. The van der Waals surface area contributed by atoms with Gasteiger partial charge in [0.1, 0.15) is 5.82 Å². The van der Waals surface area contributed by atoms with Crippen LogP contribution in [0, 0.1) is 17.2 Å². The van der Waals surface area contributed by atoms with Crippen molar-refractivity contribution in [2.45, 2.75) is 39.2 Å². The first-order valence-corrected chi connectivity index (χ1v) is 7.28.